The van der Waals surface area contributed by atoms with Crippen LogP contribution < -0.4 is 10.1 Å². The van der Waals surface area contributed by atoms with Crippen LogP contribution in [0.1, 0.15) is 37.8 Å². The van der Waals surface area contributed by atoms with Crippen molar-refractivity contribution in [2.45, 2.75) is 26.3 Å². The number of thiocarbonyl (C=S) groups is 1. The largest absolute Gasteiger partial charge is 0.497 e. The van der Waals surface area contributed by atoms with Crippen molar-refractivity contribution in [3.8, 4) is 17.1 Å². The first-order valence-electron chi connectivity index (χ1n) is 11.1. The number of ether oxygens (including phenoxy) is 2. The lowest BCUT2D eigenvalue weighted by Gasteiger charge is -2.37. The molecular formula is C25H27FN4O3S. The van der Waals surface area contributed by atoms with Crippen molar-refractivity contribution in [2.75, 3.05) is 26.9 Å². The smallest absolute Gasteiger partial charge is 0.258 e. The molecule has 1 atom stereocenters. The van der Waals surface area contributed by atoms with Gasteiger partial charge in [-0.1, -0.05) is 17.3 Å². The summed E-state index contributed by atoms with van der Waals surface area (Å²) in [6.45, 7) is 5.95. The highest BCUT2D eigenvalue weighted by molar-refractivity contribution is 7.80. The molecule has 0 saturated heterocycles. The lowest BCUT2D eigenvalue weighted by Crippen LogP contribution is -2.46. The summed E-state index contributed by atoms with van der Waals surface area (Å²) in [6.07, 6.45) is 0.808. The van der Waals surface area contributed by atoms with Crippen LogP contribution in [0.2, 0.25) is 0 Å². The highest BCUT2D eigenvalue weighted by Crippen LogP contribution is 2.37. The fraction of sp³-hybridized carbons (Fsp3) is 0.320. The van der Waals surface area contributed by atoms with Crippen LogP contribution in [-0.4, -0.2) is 47.0 Å². The van der Waals surface area contributed by atoms with Crippen LogP contribution in [0, 0.1) is 5.82 Å². The number of hydrogen-bond donors (Lipinski definition) is 1. The Morgan fingerprint density at radius 1 is 1.15 bits per heavy atom. The first kappa shape index (κ1) is 23.8. The SMILES string of the molecule is CCOCCCN1C(=S)NC(c2ccc(F)cc2)C(c2nc(-c3ccc(OC)cc3)no2)=C1C. The van der Waals surface area contributed by atoms with Crippen molar-refractivity contribution in [1.82, 2.24) is 20.4 Å². The van der Waals surface area contributed by atoms with Gasteiger partial charge in [-0.3, -0.25) is 0 Å². The van der Waals surface area contributed by atoms with Crippen molar-refractivity contribution in [2.24, 2.45) is 0 Å². The number of aromatic nitrogens is 2. The summed E-state index contributed by atoms with van der Waals surface area (Å²) in [5, 5.41) is 8.17. The summed E-state index contributed by atoms with van der Waals surface area (Å²) in [5.74, 6) is 1.28. The van der Waals surface area contributed by atoms with Gasteiger partial charge in [0.2, 0.25) is 5.82 Å². The van der Waals surface area contributed by atoms with Crippen LogP contribution in [-0.2, 0) is 4.74 Å². The fourth-order valence-electron chi connectivity index (χ4n) is 3.89. The number of hydrogen-bond acceptors (Lipinski definition) is 6. The fourth-order valence-corrected chi connectivity index (χ4v) is 4.24. The first-order chi connectivity index (χ1) is 16.5. The van der Waals surface area contributed by atoms with E-state index in [2.05, 4.69) is 15.5 Å². The third kappa shape index (κ3) is 5.10. The minimum Gasteiger partial charge on any atom is -0.497 e. The van der Waals surface area contributed by atoms with E-state index in [1.807, 2.05) is 43.0 Å². The van der Waals surface area contributed by atoms with Crippen molar-refractivity contribution in [1.29, 1.82) is 0 Å². The summed E-state index contributed by atoms with van der Waals surface area (Å²) in [5.41, 5.74) is 3.35. The van der Waals surface area contributed by atoms with E-state index < -0.39 is 0 Å². The molecule has 1 aromatic heterocycles. The molecule has 1 aliphatic heterocycles. The van der Waals surface area contributed by atoms with Crippen molar-refractivity contribution >= 4 is 22.9 Å². The zero-order valence-corrected chi connectivity index (χ0v) is 20.2. The molecule has 0 spiro atoms. The third-order valence-corrected chi connectivity index (χ3v) is 6.02. The van der Waals surface area contributed by atoms with Gasteiger partial charge in [0, 0.05) is 31.0 Å². The zero-order valence-electron chi connectivity index (χ0n) is 19.4. The second-order valence-corrected chi connectivity index (χ2v) is 8.17. The Bertz CT molecular complexity index is 1160. The molecule has 0 fully saturated rings. The van der Waals surface area contributed by atoms with Crippen LogP contribution in [0.25, 0.3) is 17.0 Å². The predicted octanol–water partition coefficient (Wildman–Crippen LogP) is 4.97. The molecule has 1 unspecified atom stereocenters. The molecule has 1 N–H and O–H groups in total. The Hall–Kier alpha value is -3.30. The molecule has 0 amide bonds. The molecule has 0 aliphatic carbocycles. The van der Waals surface area contributed by atoms with Crippen LogP contribution in [0.4, 0.5) is 4.39 Å². The number of benzene rings is 2. The van der Waals surface area contributed by atoms with Gasteiger partial charge in [-0.2, -0.15) is 4.98 Å². The number of nitrogens with one attached hydrogen (secondary N) is 1. The Labute approximate surface area is 203 Å². The maximum absolute atomic E-state index is 13.6. The van der Waals surface area contributed by atoms with Gasteiger partial charge in [-0.15, -0.1) is 0 Å². The Balaban J connectivity index is 1.71. The monoisotopic (exact) mass is 482 g/mol. The minimum absolute atomic E-state index is 0.304. The molecule has 4 rings (SSSR count). The Morgan fingerprint density at radius 3 is 2.56 bits per heavy atom. The standard InChI is InChI=1S/C25H27FN4O3S/c1-4-32-15-5-14-30-16(2)21(22(27-25(30)34)17-6-10-19(26)11-7-17)24-28-23(29-33-24)18-8-12-20(31-3)13-9-18/h6-13,22H,4-5,14-15H2,1-3H3,(H,27,34). The maximum Gasteiger partial charge on any atom is 0.258 e. The lowest BCUT2D eigenvalue weighted by molar-refractivity contribution is 0.141. The van der Waals surface area contributed by atoms with E-state index >= 15 is 0 Å². The summed E-state index contributed by atoms with van der Waals surface area (Å²) in [4.78, 5) is 6.70. The lowest BCUT2D eigenvalue weighted by atomic mass is 9.94. The van der Waals surface area contributed by atoms with Gasteiger partial charge in [0.25, 0.3) is 5.89 Å². The van der Waals surface area contributed by atoms with E-state index in [0.717, 1.165) is 34.6 Å². The van der Waals surface area contributed by atoms with Gasteiger partial charge in [0.15, 0.2) is 5.11 Å². The molecule has 7 nitrogen and oxygen atoms in total. The summed E-state index contributed by atoms with van der Waals surface area (Å²) in [6, 6.07) is 13.4. The molecule has 0 bridgehead atoms. The molecule has 2 heterocycles. The number of rotatable bonds is 9. The molecule has 0 radical (unpaired) electrons. The quantitative estimate of drug-likeness (QED) is 0.338. The molecule has 3 aromatic rings. The number of allylic oxidation sites excluding steroid dienone is 1. The van der Waals surface area contributed by atoms with Crippen LogP contribution >= 0.6 is 12.2 Å². The Morgan fingerprint density at radius 2 is 1.88 bits per heavy atom. The minimum atomic E-state index is -0.361. The second-order valence-electron chi connectivity index (χ2n) is 7.79. The van der Waals surface area contributed by atoms with E-state index in [9.17, 15) is 4.39 Å². The predicted molar refractivity (Wildman–Crippen MR) is 132 cm³/mol. The van der Waals surface area contributed by atoms with E-state index in [-0.39, 0.29) is 11.9 Å². The normalized spacial score (nSPS) is 16.1. The number of halogens is 1. The highest BCUT2D eigenvalue weighted by Gasteiger charge is 2.34. The Kier molecular flexibility index (Phi) is 7.54. The molecule has 1 aliphatic rings. The molecule has 9 heteroatoms. The van der Waals surface area contributed by atoms with Gasteiger partial charge < -0.3 is 24.2 Å². The summed E-state index contributed by atoms with van der Waals surface area (Å²) < 4.78 is 30.0. The molecule has 2 aromatic carbocycles. The maximum atomic E-state index is 13.6. The van der Waals surface area contributed by atoms with E-state index in [1.54, 1.807) is 19.2 Å². The van der Waals surface area contributed by atoms with Gasteiger partial charge in [-0.25, -0.2) is 4.39 Å². The number of nitrogens with zero attached hydrogens (tertiary/aromatic N) is 3. The summed E-state index contributed by atoms with van der Waals surface area (Å²) in [7, 11) is 1.62. The van der Waals surface area contributed by atoms with Gasteiger partial charge in [-0.05, 0) is 74.4 Å². The number of methoxy groups -OCH3 is 1. The van der Waals surface area contributed by atoms with E-state index in [0.29, 0.717) is 36.6 Å². The van der Waals surface area contributed by atoms with E-state index in [1.165, 1.54) is 12.1 Å². The third-order valence-electron chi connectivity index (χ3n) is 5.68. The van der Waals surface area contributed by atoms with Gasteiger partial charge >= 0.3 is 0 Å². The average molecular weight is 483 g/mol. The van der Waals surface area contributed by atoms with Crippen molar-refractivity contribution in [3.63, 3.8) is 0 Å². The molecular weight excluding hydrogens is 455 g/mol. The zero-order chi connectivity index (χ0) is 24.1. The highest BCUT2D eigenvalue weighted by atomic mass is 32.1. The average Bonchev–Trinajstić information content (AvgIpc) is 3.33. The van der Waals surface area contributed by atoms with E-state index in [4.69, 9.17) is 26.2 Å². The van der Waals surface area contributed by atoms with Crippen LogP contribution in [0.15, 0.2) is 58.8 Å². The summed E-state index contributed by atoms with van der Waals surface area (Å²) >= 11 is 5.68. The van der Waals surface area contributed by atoms with Crippen LogP contribution in [0.3, 0.4) is 0 Å². The van der Waals surface area contributed by atoms with Crippen molar-refractivity contribution < 1.29 is 18.4 Å². The molecule has 178 valence electrons. The topological polar surface area (TPSA) is 72.7 Å². The molecule has 34 heavy (non-hydrogen) atoms. The van der Waals surface area contributed by atoms with Crippen molar-refractivity contribution in [3.05, 3.63) is 71.5 Å². The van der Waals surface area contributed by atoms with Gasteiger partial charge in [0.1, 0.15) is 11.6 Å². The molecule has 0 saturated carbocycles. The first-order valence-corrected chi connectivity index (χ1v) is 11.5. The van der Waals surface area contributed by atoms with Crippen LogP contribution in [0.5, 0.6) is 5.75 Å². The van der Waals surface area contributed by atoms with Gasteiger partial charge in [0.05, 0.1) is 18.7 Å². The second kappa shape index (κ2) is 10.8.